The number of amides is 1. The van der Waals surface area contributed by atoms with Gasteiger partial charge in [0.25, 0.3) is 0 Å². The first kappa shape index (κ1) is 20.3. The number of hydrogen-bond acceptors (Lipinski definition) is 2. The van der Waals surface area contributed by atoms with Crippen LogP contribution in [-0.4, -0.2) is 19.2 Å². The number of carbonyl (C=O) groups is 1. The number of carbonyl (C=O) groups excluding carboxylic acids is 1. The molecule has 0 unspecified atom stereocenters. The van der Waals surface area contributed by atoms with E-state index in [9.17, 15) is 4.79 Å². The van der Waals surface area contributed by atoms with Crippen molar-refractivity contribution in [3.63, 3.8) is 0 Å². The summed E-state index contributed by atoms with van der Waals surface area (Å²) >= 11 is 0. The van der Waals surface area contributed by atoms with E-state index in [0.717, 1.165) is 19.4 Å². The topological polar surface area (TPSA) is 38.3 Å². The summed E-state index contributed by atoms with van der Waals surface area (Å²) in [4.78, 5) is 11.4. The average molecular weight is 299 g/mol. The van der Waals surface area contributed by atoms with Gasteiger partial charge in [-0.15, -0.1) is 0 Å². The van der Waals surface area contributed by atoms with E-state index >= 15 is 0 Å². The highest BCUT2D eigenvalue weighted by atomic mass is 16.5. The summed E-state index contributed by atoms with van der Waals surface area (Å²) in [6.07, 6.45) is 16.0. The first-order chi connectivity index (χ1) is 10.3. The Morgan fingerprint density at radius 2 is 1.19 bits per heavy atom. The van der Waals surface area contributed by atoms with Crippen molar-refractivity contribution in [3.05, 3.63) is 0 Å². The first-order valence-corrected chi connectivity index (χ1v) is 9.21. The van der Waals surface area contributed by atoms with Crippen LogP contribution in [0.25, 0.3) is 0 Å². The zero-order valence-electron chi connectivity index (χ0n) is 14.4. The molecule has 0 aliphatic rings. The second kappa shape index (κ2) is 17.3. The third-order valence-corrected chi connectivity index (χ3v) is 3.78. The Morgan fingerprint density at radius 3 is 1.76 bits per heavy atom. The van der Waals surface area contributed by atoms with Crippen LogP contribution < -0.4 is 5.32 Å². The van der Waals surface area contributed by atoms with Crippen molar-refractivity contribution in [2.45, 2.75) is 97.3 Å². The van der Waals surface area contributed by atoms with Crippen LogP contribution in [0.4, 0.5) is 4.79 Å². The summed E-state index contributed by atoms with van der Waals surface area (Å²) in [7, 11) is 0. The van der Waals surface area contributed by atoms with Crippen molar-refractivity contribution in [2.75, 3.05) is 13.2 Å². The second-order valence-corrected chi connectivity index (χ2v) is 5.95. The van der Waals surface area contributed by atoms with Crippen molar-refractivity contribution < 1.29 is 9.53 Å². The average Bonchev–Trinajstić information content (AvgIpc) is 2.49. The van der Waals surface area contributed by atoms with Crippen molar-refractivity contribution >= 4 is 6.09 Å². The summed E-state index contributed by atoms with van der Waals surface area (Å²) in [6.45, 7) is 5.78. The molecule has 0 saturated heterocycles. The lowest BCUT2D eigenvalue weighted by Gasteiger charge is -2.07. The van der Waals surface area contributed by atoms with Gasteiger partial charge in [0.05, 0.1) is 6.61 Å². The normalized spacial score (nSPS) is 10.6. The number of rotatable bonds is 15. The van der Waals surface area contributed by atoms with E-state index in [1.54, 1.807) is 0 Å². The molecular weight excluding hydrogens is 262 g/mol. The zero-order valence-corrected chi connectivity index (χ0v) is 14.4. The lowest BCUT2D eigenvalue weighted by Crippen LogP contribution is -2.25. The highest BCUT2D eigenvalue weighted by Crippen LogP contribution is 2.07. The number of ether oxygens (including phenoxy) is 1. The fraction of sp³-hybridized carbons (Fsp3) is 0.944. The maximum absolute atomic E-state index is 11.4. The Balaban J connectivity index is 3.13. The predicted molar refractivity (Wildman–Crippen MR) is 90.7 cm³/mol. The van der Waals surface area contributed by atoms with Crippen LogP contribution in [-0.2, 0) is 4.74 Å². The van der Waals surface area contributed by atoms with E-state index in [0.29, 0.717) is 6.61 Å². The minimum atomic E-state index is -0.241. The Morgan fingerprint density at radius 1 is 0.714 bits per heavy atom. The molecule has 0 aromatic rings. The summed E-state index contributed by atoms with van der Waals surface area (Å²) in [6, 6.07) is 0. The van der Waals surface area contributed by atoms with Crippen molar-refractivity contribution in [1.82, 2.24) is 5.32 Å². The van der Waals surface area contributed by atoms with E-state index < -0.39 is 0 Å². The van der Waals surface area contributed by atoms with Crippen LogP contribution in [0.2, 0.25) is 0 Å². The van der Waals surface area contributed by atoms with Gasteiger partial charge in [-0.1, -0.05) is 84.5 Å². The van der Waals surface area contributed by atoms with Gasteiger partial charge in [-0.05, 0) is 12.8 Å². The van der Waals surface area contributed by atoms with Crippen LogP contribution in [0.5, 0.6) is 0 Å². The molecular formula is C18H37NO2. The molecule has 0 radical (unpaired) electrons. The first-order valence-electron chi connectivity index (χ1n) is 9.21. The summed E-state index contributed by atoms with van der Waals surface area (Å²) < 4.78 is 5.16. The van der Waals surface area contributed by atoms with Crippen LogP contribution in [0.1, 0.15) is 97.3 Å². The number of nitrogens with one attached hydrogen (secondary N) is 1. The summed E-state index contributed by atoms with van der Waals surface area (Å²) in [5, 5.41) is 2.83. The molecule has 0 heterocycles. The lowest BCUT2D eigenvalue weighted by atomic mass is 10.1. The third-order valence-electron chi connectivity index (χ3n) is 3.78. The largest absolute Gasteiger partial charge is 0.450 e. The molecule has 1 amide bonds. The molecule has 0 saturated carbocycles. The standard InChI is InChI=1S/C18H37NO2/c1-3-5-7-9-11-13-15-17-21-18(20)19-16-14-12-10-8-6-4-2/h3-17H2,1-2H3,(H,19,20). The fourth-order valence-corrected chi connectivity index (χ4v) is 2.37. The Labute approximate surface area is 132 Å². The molecule has 0 rings (SSSR count). The Hall–Kier alpha value is -0.730. The van der Waals surface area contributed by atoms with Gasteiger partial charge in [-0.2, -0.15) is 0 Å². The Kier molecular flexibility index (Phi) is 16.7. The highest BCUT2D eigenvalue weighted by molar-refractivity contribution is 5.66. The van der Waals surface area contributed by atoms with E-state index in [1.165, 1.54) is 70.6 Å². The molecule has 126 valence electrons. The molecule has 3 heteroatoms. The second-order valence-electron chi connectivity index (χ2n) is 5.95. The molecule has 0 aliphatic carbocycles. The van der Waals surface area contributed by atoms with E-state index in [-0.39, 0.29) is 6.09 Å². The van der Waals surface area contributed by atoms with E-state index in [4.69, 9.17) is 4.74 Å². The van der Waals surface area contributed by atoms with Crippen LogP contribution in [0.3, 0.4) is 0 Å². The molecule has 1 N–H and O–H groups in total. The maximum atomic E-state index is 11.4. The molecule has 0 fully saturated rings. The lowest BCUT2D eigenvalue weighted by molar-refractivity contribution is 0.143. The zero-order chi connectivity index (χ0) is 15.6. The third kappa shape index (κ3) is 17.2. The minimum Gasteiger partial charge on any atom is -0.450 e. The molecule has 0 aromatic carbocycles. The van der Waals surface area contributed by atoms with Gasteiger partial charge in [0.2, 0.25) is 0 Å². The van der Waals surface area contributed by atoms with E-state index in [2.05, 4.69) is 19.2 Å². The molecule has 0 bridgehead atoms. The molecule has 0 aliphatic heterocycles. The van der Waals surface area contributed by atoms with Crippen molar-refractivity contribution in [3.8, 4) is 0 Å². The molecule has 21 heavy (non-hydrogen) atoms. The number of unbranched alkanes of at least 4 members (excludes halogenated alkanes) is 11. The smallest absolute Gasteiger partial charge is 0.407 e. The minimum absolute atomic E-state index is 0.241. The fourth-order valence-electron chi connectivity index (χ4n) is 2.37. The Bertz CT molecular complexity index is 219. The van der Waals surface area contributed by atoms with Crippen LogP contribution >= 0.6 is 0 Å². The van der Waals surface area contributed by atoms with E-state index in [1.807, 2.05) is 0 Å². The number of hydrogen-bond donors (Lipinski definition) is 1. The van der Waals surface area contributed by atoms with Gasteiger partial charge in [0.15, 0.2) is 0 Å². The number of alkyl carbamates (subject to hydrolysis) is 1. The van der Waals surface area contributed by atoms with Gasteiger partial charge in [0, 0.05) is 6.54 Å². The quantitative estimate of drug-likeness (QED) is 0.387. The van der Waals surface area contributed by atoms with Gasteiger partial charge in [0.1, 0.15) is 0 Å². The van der Waals surface area contributed by atoms with Gasteiger partial charge < -0.3 is 10.1 Å². The highest BCUT2D eigenvalue weighted by Gasteiger charge is 2.00. The van der Waals surface area contributed by atoms with Crippen LogP contribution in [0, 0.1) is 0 Å². The molecule has 0 atom stereocenters. The maximum Gasteiger partial charge on any atom is 0.407 e. The summed E-state index contributed by atoms with van der Waals surface area (Å²) in [5.41, 5.74) is 0. The SMILES string of the molecule is CCCCCCCCCOC(=O)NCCCCCCCC. The predicted octanol–water partition coefficient (Wildman–Crippen LogP) is 5.82. The van der Waals surface area contributed by atoms with Gasteiger partial charge in [-0.25, -0.2) is 4.79 Å². The van der Waals surface area contributed by atoms with Crippen LogP contribution in [0.15, 0.2) is 0 Å². The molecule has 0 aromatic heterocycles. The van der Waals surface area contributed by atoms with Crippen molar-refractivity contribution in [1.29, 1.82) is 0 Å². The van der Waals surface area contributed by atoms with Crippen molar-refractivity contribution in [2.24, 2.45) is 0 Å². The molecule has 3 nitrogen and oxygen atoms in total. The van der Waals surface area contributed by atoms with Gasteiger partial charge >= 0.3 is 6.09 Å². The summed E-state index contributed by atoms with van der Waals surface area (Å²) in [5.74, 6) is 0. The van der Waals surface area contributed by atoms with Gasteiger partial charge in [-0.3, -0.25) is 0 Å². The molecule has 0 spiro atoms. The monoisotopic (exact) mass is 299 g/mol.